The zero-order valence-electron chi connectivity index (χ0n) is 10.9. The van der Waals surface area contributed by atoms with Crippen LogP contribution in [0.15, 0.2) is 54.6 Å². The van der Waals surface area contributed by atoms with E-state index in [0.29, 0.717) is 9.37 Å². The second-order valence-electron chi connectivity index (χ2n) is 4.16. The molecule has 3 nitrogen and oxygen atoms in total. The molecule has 0 atom stereocenters. The number of hydrogen-bond acceptors (Lipinski definition) is 2. The Morgan fingerprint density at radius 1 is 1.05 bits per heavy atom. The van der Waals surface area contributed by atoms with Crippen LogP contribution in [-0.4, -0.2) is 31.4 Å². The molecule has 0 saturated heterocycles. The number of allylic oxidation sites excluding steroid dienone is 1. The molecule has 0 saturated carbocycles. The quantitative estimate of drug-likeness (QED) is 0.658. The van der Waals surface area contributed by atoms with Crippen LogP contribution in [0.3, 0.4) is 0 Å². The van der Waals surface area contributed by atoms with Gasteiger partial charge in [-0.15, -0.1) is 0 Å². The Morgan fingerprint density at radius 3 is 2.38 bits per heavy atom. The summed E-state index contributed by atoms with van der Waals surface area (Å²) in [5, 5.41) is 9.72. The van der Waals surface area contributed by atoms with Crippen molar-refractivity contribution >= 4 is 48.3 Å². The number of carboxylic acid groups (broad SMARTS) is 1. The van der Waals surface area contributed by atoms with Crippen LogP contribution in [0.2, 0.25) is 5.02 Å². The predicted molar refractivity (Wildman–Crippen MR) is 84.3 cm³/mol. The maximum atomic E-state index is 12.0. The molecule has 5 heteroatoms. The third-order valence-corrected chi connectivity index (χ3v) is 5.00. The van der Waals surface area contributed by atoms with Gasteiger partial charge in [0.05, 0.1) is 0 Å². The summed E-state index contributed by atoms with van der Waals surface area (Å²) in [5.74, 6) is -1.00. The zero-order chi connectivity index (χ0) is 15.2. The summed E-state index contributed by atoms with van der Waals surface area (Å²) in [7, 11) is 0. The third kappa shape index (κ3) is 4.59. The van der Waals surface area contributed by atoms with Crippen LogP contribution in [0.25, 0.3) is 6.08 Å². The molecule has 2 aromatic rings. The van der Waals surface area contributed by atoms with E-state index < -0.39 is 21.7 Å². The summed E-state index contributed by atoms with van der Waals surface area (Å²) in [4.78, 5) is 23.1. The molecule has 1 radical (unpaired) electrons. The second-order valence-corrected chi connectivity index (χ2v) is 7.00. The van der Waals surface area contributed by atoms with Crippen molar-refractivity contribution in [2.45, 2.75) is 0 Å². The van der Waals surface area contributed by atoms with Gasteiger partial charge in [-0.1, -0.05) is 0 Å². The van der Waals surface area contributed by atoms with Crippen LogP contribution in [0, 0.1) is 0 Å². The number of rotatable bonds is 5. The van der Waals surface area contributed by atoms with Gasteiger partial charge < -0.3 is 0 Å². The number of carbonyl (C=O) groups is 2. The van der Waals surface area contributed by atoms with E-state index in [1.165, 1.54) is 12.1 Å². The van der Waals surface area contributed by atoms with E-state index in [9.17, 15) is 9.59 Å². The minimum absolute atomic E-state index is 0.0603. The molecular formula is C16H11AsClO3. The molecule has 0 fully saturated rings. The maximum absolute atomic E-state index is 12.0. The molecule has 0 unspecified atom stereocenters. The number of carboxylic acids is 1. The normalized spacial score (nSPS) is 11.3. The van der Waals surface area contributed by atoms with Crippen molar-refractivity contribution in [1.82, 2.24) is 0 Å². The van der Waals surface area contributed by atoms with Gasteiger partial charge in [-0.25, -0.2) is 0 Å². The molecule has 0 aliphatic heterocycles. The molecule has 0 spiro atoms. The average molecular weight is 362 g/mol. The number of benzene rings is 2. The summed E-state index contributed by atoms with van der Waals surface area (Å²) in [6.45, 7) is 0. The topological polar surface area (TPSA) is 54.4 Å². The first-order valence-corrected chi connectivity index (χ1v) is 8.33. The SMILES string of the molecule is O=C(/C=C/c1ccc(Cl)cc1)[As]c1ccccc1C(=O)O. The van der Waals surface area contributed by atoms with Crippen LogP contribution in [0.1, 0.15) is 15.9 Å². The Bertz CT molecular complexity index is 693. The summed E-state index contributed by atoms with van der Waals surface area (Å²) in [6.07, 6.45) is 3.19. The van der Waals surface area contributed by atoms with Crippen LogP contribution in [-0.2, 0) is 4.79 Å². The van der Waals surface area contributed by atoms with Gasteiger partial charge in [-0.2, -0.15) is 0 Å². The molecule has 0 heterocycles. The summed E-state index contributed by atoms with van der Waals surface area (Å²) < 4.78 is 0.543. The van der Waals surface area contributed by atoms with Crippen LogP contribution in [0.4, 0.5) is 0 Å². The summed E-state index contributed by atoms with van der Waals surface area (Å²) in [6, 6.07) is 13.7. The van der Waals surface area contributed by atoms with Crippen molar-refractivity contribution in [2.24, 2.45) is 0 Å². The summed E-state index contributed by atoms with van der Waals surface area (Å²) in [5.41, 5.74) is 1.08. The number of hydrogen-bond donors (Lipinski definition) is 1. The molecule has 0 aliphatic rings. The van der Waals surface area contributed by atoms with Crippen molar-refractivity contribution in [3.05, 3.63) is 70.8 Å². The van der Waals surface area contributed by atoms with Crippen molar-refractivity contribution in [3.63, 3.8) is 0 Å². The van der Waals surface area contributed by atoms with Gasteiger partial charge in [0.1, 0.15) is 0 Å². The molecular weight excluding hydrogens is 351 g/mol. The number of carbonyl (C=O) groups excluding carboxylic acids is 1. The van der Waals surface area contributed by atoms with Crippen LogP contribution >= 0.6 is 11.6 Å². The van der Waals surface area contributed by atoms with E-state index >= 15 is 0 Å². The molecule has 105 valence electrons. The fraction of sp³-hybridized carbons (Fsp3) is 0. The molecule has 0 amide bonds. The third-order valence-electron chi connectivity index (χ3n) is 2.65. The Morgan fingerprint density at radius 2 is 1.71 bits per heavy atom. The van der Waals surface area contributed by atoms with E-state index in [2.05, 4.69) is 0 Å². The predicted octanol–water partition coefficient (Wildman–Crippen LogP) is 2.61. The van der Waals surface area contributed by atoms with Gasteiger partial charge in [-0.05, 0) is 0 Å². The van der Waals surface area contributed by atoms with Gasteiger partial charge in [0.2, 0.25) is 0 Å². The van der Waals surface area contributed by atoms with E-state index in [1.54, 1.807) is 36.4 Å². The Labute approximate surface area is 133 Å². The van der Waals surface area contributed by atoms with Crippen LogP contribution in [0.5, 0.6) is 0 Å². The Kier molecular flexibility index (Phi) is 5.37. The standard InChI is InChI=1S/C16H11AsClO3/c18-12-8-5-11(6-9-12)7-10-15(19)17-14-4-2-1-3-13(14)16(20)21/h1-10H,(H,20,21)/b10-7+. The van der Waals surface area contributed by atoms with Gasteiger partial charge in [0, 0.05) is 0 Å². The van der Waals surface area contributed by atoms with Gasteiger partial charge in [0.15, 0.2) is 0 Å². The molecule has 1 N–H and O–H groups in total. The van der Waals surface area contributed by atoms with Gasteiger partial charge >= 0.3 is 134 Å². The fourth-order valence-electron chi connectivity index (χ4n) is 1.65. The van der Waals surface area contributed by atoms with Crippen molar-refractivity contribution in [3.8, 4) is 0 Å². The van der Waals surface area contributed by atoms with Crippen LogP contribution < -0.4 is 4.35 Å². The Hall–Kier alpha value is -1.83. The van der Waals surface area contributed by atoms with E-state index in [4.69, 9.17) is 16.7 Å². The molecule has 0 aliphatic carbocycles. The molecule has 0 aromatic heterocycles. The minimum atomic E-state index is -1.00. The number of aromatic carboxylic acids is 1. The first-order chi connectivity index (χ1) is 10.1. The monoisotopic (exact) mass is 361 g/mol. The summed E-state index contributed by atoms with van der Waals surface area (Å²) >= 11 is 4.92. The molecule has 2 rings (SSSR count). The second kappa shape index (κ2) is 7.26. The Balaban J connectivity index is 2.08. The fourth-order valence-corrected chi connectivity index (χ4v) is 3.53. The van der Waals surface area contributed by atoms with Crippen molar-refractivity contribution in [1.29, 1.82) is 0 Å². The average Bonchev–Trinajstić information content (AvgIpc) is 2.47. The molecule has 21 heavy (non-hydrogen) atoms. The first-order valence-electron chi connectivity index (χ1n) is 6.08. The van der Waals surface area contributed by atoms with E-state index in [0.717, 1.165) is 5.56 Å². The zero-order valence-corrected chi connectivity index (χ0v) is 13.5. The van der Waals surface area contributed by atoms with Crippen molar-refractivity contribution in [2.75, 3.05) is 0 Å². The van der Waals surface area contributed by atoms with Gasteiger partial charge in [0.25, 0.3) is 0 Å². The van der Waals surface area contributed by atoms with E-state index in [1.807, 2.05) is 12.1 Å². The first kappa shape index (κ1) is 15.6. The molecule has 2 aromatic carbocycles. The number of halogens is 1. The molecule has 0 bridgehead atoms. The van der Waals surface area contributed by atoms with E-state index in [-0.39, 0.29) is 10.1 Å². The van der Waals surface area contributed by atoms with Crippen molar-refractivity contribution < 1.29 is 14.7 Å². The van der Waals surface area contributed by atoms with Gasteiger partial charge in [-0.3, -0.25) is 0 Å².